The number of ether oxygens (including phenoxy) is 1. The number of sulfonamides is 1. The van der Waals surface area contributed by atoms with Crippen molar-refractivity contribution in [1.29, 1.82) is 0 Å². The minimum Gasteiger partial charge on any atom is -0.374 e. The zero-order valence-corrected chi connectivity index (χ0v) is 12.9. The number of morpholine rings is 1. The Labute approximate surface area is 130 Å². The lowest BCUT2D eigenvalue weighted by atomic mass is 10.2. The Bertz CT molecular complexity index is 631. The van der Waals surface area contributed by atoms with Crippen LogP contribution in [0.3, 0.4) is 0 Å². The molecule has 1 atom stereocenters. The summed E-state index contributed by atoms with van der Waals surface area (Å²) in [6, 6.07) is 2.46. The maximum absolute atomic E-state index is 12.8. The molecule has 0 radical (unpaired) electrons. The SMILES string of the molecule is O=S(=O)(NCC1CNCCO1)c1ccc(Cl)c(C(F)(F)F)c1. The van der Waals surface area contributed by atoms with Crippen molar-refractivity contribution in [3.63, 3.8) is 0 Å². The molecule has 0 aliphatic carbocycles. The summed E-state index contributed by atoms with van der Waals surface area (Å²) >= 11 is 5.47. The highest BCUT2D eigenvalue weighted by molar-refractivity contribution is 7.89. The molecule has 1 heterocycles. The van der Waals surface area contributed by atoms with Crippen molar-refractivity contribution in [3.8, 4) is 0 Å². The van der Waals surface area contributed by atoms with Gasteiger partial charge in [0.05, 0.1) is 28.2 Å². The molecule has 124 valence electrons. The van der Waals surface area contributed by atoms with E-state index in [1.807, 2.05) is 0 Å². The predicted molar refractivity (Wildman–Crippen MR) is 74.3 cm³/mol. The van der Waals surface area contributed by atoms with E-state index in [1.54, 1.807) is 0 Å². The minimum atomic E-state index is -4.72. The van der Waals surface area contributed by atoms with Crippen molar-refractivity contribution in [2.75, 3.05) is 26.2 Å². The van der Waals surface area contributed by atoms with E-state index in [1.165, 1.54) is 0 Å². The van der Waals surface area contributed by atoms with Gasteiger partial charge in [-0.15, -0.1) is 0 Å². The second kappa shape index (κ2) is 6.71. The van der Waals surface area contributed by atoms with Crippen LogP contribution in [-0.2, 0) is 20.9 Å². The van der Waals surface area contributed by atoms with Gasteiger partial charge in [-0.05, 0) is 18.2 Å². The summed E-state index contributed by atoms with van der Waals surface area (Å²) in [5.41, 5.74) is -1.19. The molecule has 0 spiro atoms. The van der Waals surface area contributed by atoms with E-state index < -0.39 is 31.7 Å². The quantitative estimate of drug-likeness (QED) is 0.858. The van der Waals surface area contributed by atoms with Gasteiger partial charge in [0.25, 0.3) is 0 Å². The van der Waals surface area contributed by atoms with E-state index in [9.17, 15) is 21.6 Å². The molecule has 1 aliphatic rings. The van der Waals surface area contributed by atoms with Crippen LogP contribution in [0.1, 0.15) is 5.56 Å². The van der Waals surface area contributed by atoms with Gasteiger partial charge >= 0.3 is 6.18 Å². The Hall–Kier alpha value is -0.870. The van der Waals surface area contributed by atoms with Gasteiger partial charge in [0, 0.05) is 19.6 Å². The van der Waals surface area contributed by atoms with Crippen LogP contribution in [0.5, 0.6) is 0 Å². The number of halogens is 4. The van der Waals surface area contributed by atoms with Gasteiger partial charge in [0.15, 0.2) is 0 Å². The molecule has 1 saturated heterocycles. The molecule has 0 bridgehead atoms. The van der Waals surface area contributed by atoms with Crippen LogP contribution in [0.2, 0.25) is 5.02 Å². The Morgan fingerprint density at radius 2 is 2.14 bits per heavy atom. The van der Waals surface area contributed by atoms with Gasteiger partial charge in [0.1, 0.15) is 0 Å². The van der Waals surface area contributed by atoms with Crippen molar-refractivity contribution in [3.05, 3.63) is 28.8 Å². The lowest BCUT2D eigenvalue weighted by Gasteiger charge is -2.23. The smallest absolute Gasteiger partial charge is 0.374 e. The Kier molecular flexibility index (Phi) is 5.33. The minimum absolute atomic E-state index is 0.0285. The number of hydrogen-bond donors (Lipinski definition) is 2. The number of hydrogen-bond acceptors (Lipinski definition) is 4. The lowest BCUT2D eigenvalue weighted by molar-refractivity contribution is -0.137. The maximum Gasteiger partial charge on any atom is 0.417 e. The van der Waals surface area contributed by atoms with Crippen molar-refractivity contribution < 1.29 is 26.3 Å². The molecule has 22 heavy (non-hydrogen) atoms. The highest BCUT2D eigenvalue weighted by atomic mass is 35.5. The van der Waals surface area contributed by atoms with Crippen LogP contribution in [0.15, 0.2) is 23.1 Å². The summed E-state index contributed by atoms with van der Waals surface area (Å²) in [4.78, 5) is -0.493. The fourth-order valence-corrected chi connectivity index (χ4v) is 3.24. The van der Waals surface area contributed by atoms with E-state index in [0.717, 1.165) is 12.1 Å². The summed E-state index contributed by atoms with van der Waals surface area (Å²) < 4.78 is 70.0. The highest BCUT2D eigenvalue weighted by Crippen LogP contribution is 2.35. The average molecular weight is 359 g/mol. The third kappa shape index (κ3) is 4.32. The normalized spacial score (nSPS) is 20.1. The largest absolute Gasteiger partial charge is 0.417 e. The summed E-state index contributed by atoms with van der Waals surface area (Å²) in [5, 5.41) is 2.47. The fourth-order valence-electron chi connectivity index (χ4n) is 1.93. The molecule has 5 nitrogen and oxygen atoms in total. The molecule has 0 saturated carbocycles. The van der Waals surface area contributed by atoms with Crippen molar-refractivity contribution in [2.45, 2.75) is 17.2 Å². The molecule has 2 N–H and O–H groups in total. The molecule has 1 aromatic carbocycles. The number of alkyl halides is 3. The third-order valence-electron chi connectivity index (χ3n) is 3.06. The topological polar surface area (TPSA) is 67.4 Å². The fraction of sp³-hybridized carbons (Fsp3) is 0.500. The standard InChI is InChI=1S/C12H14ClF3N2O3S/c13-11-2-1-9(5-10(11)12(14,15)16)22(19,20)18-7-8-6-17-3-4-21-8/h1-2,5,8,17-18H,3-4,6-7H2. The Morgan fingerprint density at radius 3 is 2.73 bits per heavy atom. The first-order chi connectivity index (χ1) is 10.2. The molecule has 2 rings (SSSR count). The molecular formula is C12H14ClF3N2O3S. The Balaban J connectivity index is 2.15. The first kappa shape index (κ1) is 17.5. The van der Waals surface area contributed by atoms with Crippen LogP contribution in [0.4, 0.5) is 13.2 Å². The summed E-state index contributed by atoms with van der Waals surface area (Å²) in [7, 11) is -4.08. The van der Waals surface area contributed by atoms with Crippen molar-refractivity contribution in [1.82, 2.24) is 10.0 Å². The van der Waals surface area contributed by atoms with Gasteiger partial charge in [-0.3, -0.25) is 0 Å². The number of nitrogens with one attached hydrogen (secondary N) is 2. The molecule has 0 amide bonds. The first-order valence-corrected chi connectivity index (χ1v) is 8.25. The molecule has 1 aromatic rings. The zero-order chi connectivity index (χ0) is 16.4. The monoisotopic (exact) mass is 358 g/mol. The summed E-state index contributed by atoms with van der Waals surface area (Å²) in [6.07, 6.45) is -5.09. The summed E-state index contributed by atoms with van der Waals surface area (Å²) in [6.45, 7) is 1.57. The van der Waals surface area contributed by atoms with Gasteiger partial charge in [0.2, 0.25) is 10.0 Å². The van der Waals surface area contributed by atoms with Gasteiger partial charge in [-0.25, -0.2) is 13.1 Å². The Morgan fingerprint density at radius 1 is 1.41 bits per heavy atom. The van der Waals surface area contributed by atoms with E-state index >= 15 is 0 Å². The molecular weight excluding hydrogens is 345 g/mol. The maximum atomic E-state index is 12.8. The van der Waals surface area contributed by atoms with Gasteiger partial charge in [-0.1, -0.05) is 11.6 Å². The van der Waals surface area contributed by atoms with Gasteiger partial charge in [-0.2, -0.15) is 13.2 Å². The third-order valence-corrected chi connectivity index (χ3v) is 4.81. The molecule has 1 unspecified atom stereocenters. The molecule has 0 aromatic heterocycles. The average Bonchev–Trinajstić information content (AvgIpc) is 2.45. The predicted octanol–water partition coefficient (Wildman–Crippen LogP) is 1.63. The second-order valence-electron chi connectivity index (χ2n) is 4.69. The summed E-state index contributed by atoms with van der Waals surface area (Å²) in [5.74, 6) is 0. The molecule has 1 fully saturated rings. The van der Waals surface area contributed by atoms with Gasteiger partial charge < -0.3 is 10.1 Å². The number of benzene rings is 1. The molecule has 10 heteroatoms. The van der Waals surface area contributed by atoms with E-state index in [2.05, 4.69) is 10.0 Å². The van der Waals surface area contributed by atoms with Crippen LogP contribution in [0.25, 0.3) is 0 Å². The highest BCUT2D eigenvalue weighted by Gasteiger charge is 2.34. The number of rotatable bonds is 4. The van der Waals surface area contributed by atoms with E-state index in [4.69, 9.17) is 16.3 Å². The van der Waals surface area contributed by atoms with Crippen LogP contribution >= 0.6 is 11.6 Å². The van der Waals surface area contributed by atoms with Crippen LogP contribution in [0, 0.1) is 0 Å². The van der Waals surface area contributed by atoms with E-state index in [-0.39, 0.29) is 12.6 Å². The van der Waals surface area contributed by atoms with Crippen LogP contribution in [-0.4, -0.2) is 40.8 Å². The van der Waals surface area contributed by atoms with E-state index in [0.29, 0.717) is 25.8 Å². The van der Waals surface area contributed by atoms with Crippen LogP contribution < -0.4 is 10.0 Å². The van der Waals surface area contributed by atoms with Crippen molar-refractivity contribution in [2.24, 2.45) is 0 Å². The zero-order valence-electron chi connectivity index (χ0n) is 11.3. The second-order valence-corrected chi connectivity index (χ2v) is 6.86. The lowest BCUT2D eigenvalue weighted by Crippen LogP contribution is -2.45. The van der Waals surface area contributed by atoms with Crippen molar-refractivity contribution >= 4 is 21.6 Å². The first-order valence-electron chi connectivity index (χ1n) is 6.39. The molecule has 1 aliphatic heterocycles.